The zero-order chi connectivity index (χ0) is 20.7. The molecule has 1 heterocycles. The van der Waals surface area contributed by atoms with Gasteiger partial charge in [0.15, 0.2) is 23.4 Å². The van der Waals surface area contributed by atoms with Gasteiger partial charge in [-0.3, -0.25) is 0 Å². The Bertz CT molecular complexity index is 1030. The van der Waals surface area contributed by atoms with Crippen molar-refractivity contribution in [2.24, 2.45) is 0 Å². The molecule has 0 saturated carbocycles. The number of benzene rings is 3. The van der Waals surface area contributed by atoms with Gasteiger partial charge in [-0.05, 0) is 24.3 Å². The molecular formula is C21H18O7S. The van der Waals surface area contributed by atoms with E-state index in [1.165, 1.54) is 36.0 Å². The number of ether oxygens (including phenoxy) is 1. The minimum Gasteiger partial charge on any atom is -0.508 e. The van der Waals surface area contributed by atoms with Crippen molar-refractivity contribution < 1.29 is 35.4 Å². The normalized spacial score (nSPS) is 20.7. The number of aromatic hydroxyl groups is 5. The first kappa shape index (κ1) is 19.1. The summed E-state index contributed by atoms with van der Waals surface area (Å²) in [5.74, 6) is -2.07. The van der Waals surface area contributed by atoms with Crippen molar-refractivity contribution in [2.75, 3.05) is 0 Å². The smallest absolute Gasteiger partial charge is 0.200 e. The molecular weight excluding hydrogens is 396 g/mol. The summed E-state index contributed by atoms with van der Waals surface area (Å²) in [6.07, 6.45) is -2.23. The van der Waals surface area contributed by atoms with Gasteiger partial charge in [0.25, 0.3) is 0 Å². The van der Waals surface area contributed by atoms with E-state index in [2.05, 4.69) is 0 Å². The Morgan fingerprint density at radius 1 is 0.793 bits per heavy atom. The maximum atomic E-state index is 11.1. The summed E-state index contributed by atoms with van der Waals surface area (Å²) < 4.78 is 5.82. The Morgan fingerprint density at radius 2 is 1.45 bits per heavy atom. The fourth-order valence-electron chi connectivity index (χ4n) is 3.35. The standard InChI is InChI=1S/C21H18O7S/c22-11-8-13(23)17-16(9-11)28-20(10-6-14(24)18(26)15(25)7-10)19(27)21(17)29-12-4-2-1-3-5-12/h1-9,19-27H/t19-,20+,21?/m1/s1. The third-order valence-electron chi connectivity index (χ3n) is 4.69. The lowest BCUT2D eigenvalue weighted by molar-refractivity contribution is 0.0173. The summed E-state index contributed by atoms with van der Waals surface area (Å²) in [5, 5.41) is 60.0. The molecule has 0 fully saturated rings. The highest BCUT2D eigenvalue weighted by Gasteiger charge is 2.41. The van der Waals surface area contributed by atoms with E-state index in [0.717, 1.165) is 4.90 Å². The number of rotatable bonds is 3. The average molecular weight is 414 g/mol. The second kappa shape index (κ2) is 7.31. The van der Waals surface area contributed by atoms with E-state index in [4.69, 9.17) is 4.74 Å². The molecule has 6 N–H and O–H groups in total. The minimum atomic E-state index is -1.19. The van der Waals surface area contributed by atoms with E-state index < -0.39 is 34.7 Å². The molecule has 3 aromatic rings. The Labute approximate surface area is 170 Å². The molecule has 8 heteroatoms. The zero-order valence-electron chi connectivity index (χ0n) is 14.9. The number of hydrogen-bond donors (Lipinski definition) is 6. The maximum Gasteiger partial charge on any atom is 0.200 e. The fraction of sp³-hybridized carbons (Fsp3) is 0.143. The maximum absolute atomic E-state index is 11.1. The number of fused-ring (bicyclic) bond motifs is 1. The van der Waals surface area contributed by atoms with Crippen molar-refractivity contribution >= 4 is 11.8 Å². The second-order valence-electron chi connectivity index (χ2n) is 6.67. The molecule has 0 aliphatic carbocycles. The molecule has 150 valence electrons. The van der Waals surface area contributed by atoms with Crippen LogP contribution in [0.25, 0.3) is 0 Å². The predicted molar refractivity (Wildman–Crippen MR) is 106 cm³/mol. The molecule has 1 unspecified atom stereocenters. The summed E-state index contributed by atoms with van der Waals surface area (Å²) in [4.78, 5) is 0.840. The number of aliphatic hydroxyl groups excluding tert-OH is 1. The van der Waals surface area contributed by atoms with E-state index >= 15 is 0 Å². The van der Waals surface area contributed by atoms with Gasteiger partial charge in [0.2, 0.25) is 0 Å². The van der Waals surface area contributed by atoms with Crippen LogP contribution in [-0.4, -0.2) is 36.7 Å². The fourth-order valence-corrected chi connectivity index (χ4v) is 4.59. The molecule has 29 heavy (non-hydrogen) atoms. The molecule has 0 amide bonds. The van der Waals surface area contributed by atoms with Gasteiger partial charge in [-0.2, -0.15) is 0 Å². The average Bonchev–Trinajstić information content (AvgIpc) is 2.68. The zero-order valence-corrected chi connectivity index (χ0v) is 15.7. The monoisotopic (exact) mass is 414 g/mol. The highest BCUT2D eigenvalue weighted by molar-refractivity contribution is 7.99. The molecule has 0 saturated heterocycles. The number of phenols is 5. The summed E-state index contributed by atoms with van der Waals surface area (Å²) in [6.45, 7) is 0. The molecule has 0 aromatic heterocycles. The second-order valence-corrected chi connectivity index (χ2v) is 7.88. The lowest BCUT2D eigenvalue weighted by Crippen LogP contribution is -2.33. The first-order chi connectivity index (χ1) is 13.8. The molecule has 1 aliphatic rings. The summed E-state index contributed by atoms with van der Waals surface area (Å²) >= 11 is 1.30. The number of aliphatic hydroxyl groups is 1. The van der Waals surface area contributed by atoms with E-state index in [1.54, 1.807) is 0 Å². The highest BCUT2D eigenvalue weighted by atomic mass is 32.2. The number of hydrogen-bond acceptors (Lipinski definition) is 8. The van der Waals surface area contributed by atoms with Crippen molar-refractivity contribution in [2.45, 2.75) is 22.4 Å². The van der Waals surface area contributed by atoms with Crippen molar-refractivity contribution in [3.63, 3.8) is 0 Å². The molecule has 1 aliphatic heterocycles. The van der Waals surface area contributed by atoms with Crippen molar-refractivity contribution in [1.29, 1.82) is 0 Å². The topological polar surface area (TPSA) is 131 Å². The quantitative estimate of drug-likeness (QED) is 0.359. The lowest BCUT2D eigenvalue weighted by atomic mass is 9.93. The van der Waals surface area contributed by atoms with Crippen molar-refractivity contribution in [3.05, 3.63) is 65.7 Å². The largest absolute Gasteiger partial charge is 0.508 e. The molecule has 0 bridgehead atoms. The summed E-state index contributed by atoms with van der Waals surface area (Å²) in [6, 6.07) is 14.1. The first-order valence-electron chi connectivity index (χ1n) is 8.72. The molecule has 3 atom stereocenters. The van der Waals surface area contributed by atoms with Crippen LogP contribution in [0.3, 0.4) is 0 Å². The van der Waals surface area contributed by atoms with Gasteiger partial charge >= 0.3 is 0 Å². The first-order valence-corrected chi connectivity index (χ1v) is 9.60. The number of thioether (sulfide) groups is 1. The van der Waals surface area contributed by atoms with Crippen molar-refractivity contribution in [1.82, 2.24) is 0 Å². The number of phenolic OH excluding ortho intramolecular Hbond substituents is 5. The summed E-state index contributed by atoms with van der Waals surface area (Å²) in [7, 11) is 0. The Hall–Kier alpha value is -3.23. The molecule has 0 spiro atoms. The highest BCUT2D eigenvalue weighted by Crippen LogP contribution is 2.54. The van der Waals surface area contributed by atoms with Crippen LogP contribution in [0, 0.1) is 0 Å². The summed E-state index contributed by atoms with van der Waals surface area (Å²) in [5.41, 5.74) is 0.546. The van der Waals surface area contributed by atoms with Gasteiger partial charge in [-0.15, -0.1) is 11.8 Å². The van der Waals surface area contributed by atoms with Crippen LogP contribution in [-0.2, 0) is 0 Å². The minimum absolute atomic E-state index is 0.165. The lowest BCUT2D eigenvalue weighted by Gasteiger charge is -2.37. The van der Waals surface area contributed by atoms with Gasteiger partial charge in [-0.1, -0.05) is 18.2 Å². The van der Waals surface area contributed by atoms with E-state index in [1.807, 2.05) is 30.3 Å². The third kappa shape index (κ3) is 3.48. The van der Waals surface area contributed by atoms with Crippen LogP contribution in [0.2, 0.25) is 0 Å². The predicted octanol–water partition coefficient (Wildman–Crippen LogP) is 3.54. The van der Waals surface area contributed by atoms with Crippen molar-refractivity contribution in [3.8, 4) is 34.5 Å². The Morgan fingerprint density at radius 3 is 2.10 bits per heavy atom. The molecule has 7 nitrogen and oxygen atoms in total. The molecule has 4 rings (SSSR count). The van der Waals surface area contributed by atoms with E-state index in [-0.39, 0.29) is 22.8 Å². The van der Waals surface area contributed by atoms with Crippen LogP contribution < -0.4 is 4.74 Å². The van der Waals surface area contributed by atoms with Gasteiger partial charge in [0, 0.05) is 22.6 Å². The van der Waals surface area contributed by atoms with E-state index in [0.29, 0.717) is 5.56 Å². The Kier molecular flexibility index (Phi) is 4.81. The van der Waals surface area contributed by atoms with Crippen LogP contribution in [0.1, 0.15) is 22.5 Å². The SMILES string of the molecule is Oc1cc(O)c2c(c1)O[C@@H](c1cc(O)c(O)c(O)c1)[C@@H](O)C2Sc1ccccc1. The molecule has 3 aromatic carbocycles. The third-order valence-corrected chi connectivity index (χ3v) is 6.00. The molecule has 0 radical (unpaired) electrons. The van der Waals surface area contributed by atoms with Crippen LogP contribution >= 0.6 is 11.8 Å². The van der Waals surface area contributed by atoms with Crippen LogP contribution in [0.4, 0.5) is 0 Å². The van der Waals surface area contributed by atoms with Gasteiger partial charge < -0.3 is 35.4 Å². The Balaban J connectivity index is 1.82. The van der Waals surface area contributed by atoms with Crippen LogP contribution in [0.15, 0.2) is 59.5 Å². The van der Waals surface area contributed by atoms with Gasteiger partial charge in [0.05, 0.1) is 10.8 Å². The van der Waals surface area contributed by atoms with Gasteiger partial charge in [-0.25, -0.2) is 0 Å². The van der Waals surface area contributed by atoms with E-state index in [9.17, 15) is 30.6 Å². The van der Waals surface area contributed by atoms with Crippen LogP contribution in [0.5, 0.6) is 34.5 Å². The van der Waals surface area contributed by atoms with Gasteiger partial charge in [0.1, 0.15) is 23.4 Å².